The molecule has 1 aromatic carbocycles. The summed E-state index contributed by atoms with van der Waals surface area (Å²) in [5.41, 5.74) is 1.25. The predicted octanol–water partition coefficient (Wildman–Crippen LogP) is 2.99. The van der Waals surface area contributed by atoms with E-state index in [0.29, 0.717) is 31.1 Å². The van der Waals surface area contributed by atoms with Gasteiger partial charge in [0.15, 0.2) is 0 Å². The van der Waals surface area contributed by atoms with Crippen molar-refractivity contribution in [2.75, 3.05) is 25.6 Å². The van der Waals surface area contributed by atoms with Crippen LogP contribution in [0.25, 0.3) is 0 Å². The Morgan fingerprint density at radius 3 is 2.80 bits per heavy atom. The third-order valence-corrected chi connectivity index (χ3v) is 3.74. The minimum atomic E-state index is -0.376. The number of halogens is 2. The summed E-state index contributed by atoms with van der Waals surface area (Å²) in [5, 5.41) is 0. The van der Waals surface area contributed by atoms with Crippen LogP contribution in [0.4, 0.5) is 4.39 Å². The van der Waals surface area contributed by atoms with Crippen molar-refractivity contribution in [1.82, 2.24) is 4.90 Å². The van der Waals surface area contributed by atoms with E-state index >= 15 is 0 Å². The van der Waals surface area contributed by atoms with Crippen LogP contribution in [0.3, 0.4) is 0 Å². The Morgan fingerprint density at radius 2 is 2.15 bits per heavy atom. The van der Waals surface area contributed by atoms with Crippen molar-refractivity contribution in [3.8, 4) is 0 Å². The van der Waals surface area contributed by atoms with E-state index in [0.717, 1.165) is 18.4 Å². The molecule has 0 N–H and O–H groups in total. The molecule has 1 saturated heterocycles. The first-order valence-electron chi connectivity index (χ1n) is 6.85. The highest BCUT2D eigenvalue weighted by Gasteiger charge is 2.24. The van der Waals surface area contributed by atoms with Gasteiger partial charge in [-0.15, -0.1) is 11.6 Å². The van der Waals surface area contributed by atoms with Crippen molar-refractivity contribution in [3.63, 3.8) is 0 Å². The molecular formula is C15H19ClFNO2. The van der Waals surface area contributed by atoms with Crippen LogP contribution in [0.15, 0.2) is 18.2 Å². The van der Waals surface area contributed by atoms with Crippen molar-refractivity contribution < 1.29 is 13.9 Å². The Hall–Kier alpha value is -1.13. The second-order valence-electron chi connectivity index (χ2n) is 5.01. The van der Waals surface area contributed by atoms with Crippen LogP contribution < -0.4 is 0 Å². The Balaban J connectivity index is 1.96. The molecule has 1 aromatic rings. The first kappa shape index (κ1) is 15.3. The first-order chi connectivity index (χ1) is 9.61. The third kappa shape index (κ3) is 3.70. The molecule has 0 bridgehead atoms. The SMILES string of the molecule is Cc1ccc(F)cc1C(=O)N1CCC(OCCCl)CC1. The summed E-state index contributed by atoms with van der Waals surface area (Å²) in [4.78, 5) is 14.2. The largest absolute Gasteiger partial charge is 0.377 e. The molecule has 0 radical (unpaired) electrons. The van der Waals surface area contributed by atoms with Crippen molar-refractivity contribution in [2.45, 2.75) is 25.9 Å². The number of alkyl halides is 1. The second kappa shape index (κ2) is 7.04. The molecule has 1 aliphatic rings. The molecule has 20 heavy (non-hydrogen) atoms. The standard InChI is InChI=1S/C15H19ClFNO2/c1-11-2-3-12(17)10-14(11)15(19)18-7-4-13(5-8-18)20-9-6-16/h2-3,10,13H,4-9H2,1H3. The van der Waals surface area contributed by atoms with Crippen LogP contribution in [0, 0.1) is 12.7 Å². The van der Waals surface area contributed by atoms with Gasteiger partial charge in [-0.05, 0) is 37.5 Å². The number of piperidine rings is 1. The second-order valence-corrected chi connectivity index (χ2v) is 5.39. The van der Waals surface area contributed by atoms with Gasteiger partial charge < -0.3 is 9.64 Å². The van der Waals surface area contributed by atoms with Crippen LogP contribution in [-0.2, 0) is 4.74 Å². The lowest BCUT2D eigenvalue weighted by Crippen LogP contribution is -2.41. The molecule has 1 fully saturated rings. The molecule has 5 heteroatoms. The van der Waals surface area contributed by atoms with E-state index in [9.17, 15) is 9.18 Å². The average Bonchev–Trinajstić information content (AvgIpc) is 2.47. The smallest absolute Gasteiger partial charge is 0.254 e. The zero-order chi connectivity index (χ0) is 14.5. The summed E-state index contributed by atoms with van der Waals surface area (Å²) >= 11 is 5.59. The molecule has 1 amide bonds. The molecule has 0 aliphatic carbocycles. The molecule has 0 atom stereocenters. The number of hydrogen-bond acceptors (Lipinski definition) is 2. The number of likely N-dealkylation sites (tertiary alicyclic amines) is 1. The number of rotatable bonds is 4. The minimum absolute atomic E-state index is 0.0993. The fraction of sp³-hybridized carbons (Fsp3) is 0.533. The van der Waals surface area contributed by atoms with Gasteiger partial charge in [-0.2, -0.15) is 0 Å². The molecule has 3 nitrogen and oxygen atoms in total. The van der Waals surface area contributed by atoms with Gasteiger partial charge in [0.05, 0.1) is 12.7 Å². The van der Waals surface area contributed by atoms with E-state index < -0.39 is 0 Å². The molecule has 0 aromatic heterocycles. The minimum Gasteiger partial charge on any atom is -0.377 e. The third-order valence-electron chi connectivity index (χ3n) is 3.59. The zero-order valence-corrected chi connectivity index (χ0v) is 12.3. The van der Waals surface area contributed by atoms with Crippen molar-refractivity contribution in [1.29, 1.82) is 0 Å². The normalized spacial score (nSPS) is 16.4. The predicted molar refractivity (Wildman–Crippen MR) is 76.7 cm³/mol. The van der Waals surface area contributed by atoms with Gasteiger partial charge in [-0.25, -0.2) is 4.39 Å². The van der Waals surface area contributed by atoms with E-state index in [4.69, 9.17) is 16.3 Å². The van der Waals surface area contributed by atoms with Gasteiger partial charge in [-0.3, -0.25) is 4.79 Å². The van der Waals surface area contributed by atoms with E-state index in [1.807, 2.05) is 6.92 Å². The summed E-state index contributed by atoms with van der Waals surface area (Å²) in [5.74, 6) is 0.0128. The van der Waals surface area contributed by atoms with Crippen LogP contribution in [0.2, 0.25) is 0 Å². The lowest BCUT2D eigenvalue weighted by Gasteiger charge is -2.32. The topological polar surface area (TPSA) is 29.5 Å². The van der Waals surface area contributed by atoms with Gasteiger partial charge in [0.2, 0.25) is 0 Å². The Bertz CT molecular complexity index is 473. The number of hydrogen-bond donors (Lipinski definition) is 0. The average molecular weight is 300 g/mol. The lowest BCUT2D eigenvalue weighted by molar-refractivity contribution is 0.0154. The fourth-order valence-corrected chi connectivity index (χ4v) is 2.52. The maximum absolute atomic E-state index is 13.3. The van der Waals surface area contributed by atoms with Gasteiger partial charge in [-0.1, -0.05) is 6.07 Å². The maximum Gasteiger partial charge on any atom is 0.254 e. The number of carbonyl (C=O) groups excluding carboxylic acids is 1. The Morgan fingerprint density at radius 1 is 1.45 bits per heavy atom. The molecule has 0 unspecified atom stereocenters. The van der Waals surface area contributed by atoms with Gasteiger partial charge >= 0.3 is 0 Å². The molecule has 0 spiro atoms. The Labute approximate surface area is 123 Å². The summed E-state index contributed by atoms with van der Waals surface area (Å²) < 4.78 is 18.9. The first-order valence-corrected chi connectivity index (χ1v) is 7.38. The molecule has 1 aliphatic heterocycles. The lowest BCUT2D eigenvalue weighted by atomic mass is 10.0. The summed E-state index contributed by atoms with van der Waals surface area (Å²) in [7, 11) is 0. The number of carbonyl (C=O) groups is 1. The molecular weight excluding hydrogens is 281 g/mol. The molecule has 110 valence electrons. The van der Waals surface area contributed by atoms with E-state index in [1.165, 1.54) is 12.1 Å². The van der Waals surface area contributed by atoms with Gasteiger partial charge in [0.25, 0.3) is 5.91 Å². The number of aryl methyl sites for hydroxylation is 1. The fourth-order valence-electron chi connectivity index (χ4n) is 2.43. The van der Waals surface area contributed by atoms with Crippen molar-refractivity contribution in [3.05, 3.63) is 35.1 Å². The van der Waals surface area contributed by atoms with Crippen LogP contribution in [0.5, 0.6) is 0 Å². The van der Waals surface area contributed by atoms with Gasteiger partial charge in [0.1, 0.15) is 5.82 Å². The number of ether oxygens (including phenoxy) is 1. The molecule has 1 heterocycles. The van der Waals surface area contributed by atoms with E-state index in [-0.39, 0.29) is 17.8 Å². The number of nitrogens with zero attached hydrogens (tertiary/aromatic N) is 1. The molecule has 0 saturated carbocycles. The summed E-state index contributed by atoms with van der Waals surface area (Å²) in [6.45, 7) is 3.65. The quantitative estimate of drug-likeness (QED) is 0.800. The maximum atomic E-state index is 13.3. The van der Waals surface area contributed by atoms with Crippen LogP contribution in [0.1, 0.15) is 28.8 Å². The highest BCUT2D eigenvalue weighted by molar-refractivity contribution is 6.17. The van der Waals surface area contributed by atoms with Crippen LogP contribution in [-0.4, -0.2) is 42.5 Å². The van der Waals surface area contributed by atoms with E-state index in [1.54, 1.807) is 11.0 Å². The summed E-state index contributed by atoms with van der Waals surface area (Å²) in [6, 6.07) is 4.32. The van der Waals surface area contributed by atoms with Gasteiger partial charge in [0, 0.05) is 24.5 Å². The highest BCUT2D eigenvalue weighted by atomic mass is 35.5. The highest BCUT2D eigenvalue weighted by Crippen LogP contribution is 2.18. The van der Waals surface area contributed by atoms with Crippen LogP contribution >= 0.6 is 11.6 Å². The summed E-state index contributed by atoms with van der Waals surface area (Å²) in [6.07, 6.45) is 1.78. The van der Waals surface area contributed by atoms with E-state index in [2.05, 4.69) is 0 Å². The molecule has 2 rings (SSSR count). The number of amides is 1. The Kier molecular flexibility index (Phi) is 5.38. The monoisotopic (exact) mass is 299 g/mol. The zero-order valence-electron chi connectivity index (χ0n) is 11.6. The van der Waals surface area contributed by atoms with Crippen molar-refractivity contribution >= 4 is 17.5 Å². The number of benzene rings is 1. The van der Waals surface area contributed by atoms with Crippen molar-refractivity contribution in [2.24, 2.45) is 0 Å².